The van der Waals surface area contributed by atoms with E-state index in [-0.39, 0.29) is 73.6 Å². The second-order valence-corrected chi connectivity index (χ2v) is 1.43. The Balaban J connectivity index is -0.0000000300. The van der Waals surface area contributed by atoms with Gasteiger partial charge in [-0.25, -0.2) is 4.79 Å². The molecule has 0 heterocycles. The summed E-state index contributed by atoms with van der Waals surface area (Å²) in [5, 5.41) is 15.7. The van der Waals surface area contributed by atoms with Crippen molar-refractivity contribution in [3.8, 4) is 0 Å². The Morgan fingerprint density at radius 1 is 1.56 bits per heavy atom. The molecule has 0 amide bonds. The van der Waals surface area contributed by atoms with Gasteiger partial charge in [0.25, 0.3) is 0 Å². The molecule has 9 heavy (non-hydrogen) atoms. The fourth-order valence-electron chi connectivity index (χ4n) is 0.0412. The predicted octanol–water partition coefficient (Wildman–Crippen LogP) is -6.95. The second kappa shape index (κ2) is 9.45. The molecule has 0 spiro atoms. The Morgan fingerprint density at radius 3 is 1.89 bits per heavy atom. The fourth-order valence-corrected chi connectivity index (χ4v) is 0.123. The maximum Gasteiger partial charge on any atom is 1.00 e. The SMILES string of the molecule is O=[S+]C(O)C(=O)O.[H-].[H-].[Na+].[Na+]. The molecule has 0 rings (SSSR count). The molecule has 1 unspecified atom stereocenters. The topological polar surface area (TPSA) is 74.6 Å². The smallest absolute Gasteiger partial charge is 1.00 e. The van der Waals surface area contributed by atoms with Gasteiger partial charge in [-0.05, 0) is 0 Å². The van der Waals surface area contributed by atoms with Crippen LogP contribution in [0, 0.1) is 0 Å². The summed E-state index contributed by atoms with van der Waals surface area (Å²) in [6.07, 6.45) is 0. The van der Waals surface area contributed by atoms with Gasteiger partial charge in [-0.15, -0.1) is 0 Å². The first-order valence-electron chi connectivity index (χ1n) is 1.38. The summed E-state index contributed by atoms with van der Waals surface area (Å²) in [5.74, 6) is -1.50. The van der Waals surface area contributed by atoms with Gasteiger partial charge in [-0.2, -0.15) is 0 Å². The molecule has 0 saturated heterocycles. The van der Waals surface area contributed by atoms with E-state index in [2.05, 4.69) is 0 Å². The third-order valence-corrected chi connectivity index (χ3v) is 0.686. The first-order valence-corrected chi connectivity index (χ1v) is 2.18. The van der Waals surface area contributed by atoms with Crippen molar-refractivity contribution >= 4 is 17.6 Å². The quantitative estimate of drug-likeness (QED) is 0.246. The standard InChI is InChI=1S/C2H2O4S.2Na.2H/c3-1(4)2(5)7-6;;;;/h2,5H;;;;/q;2*+1;2*-1/p+1. The van der Waals surface area contributed by atoms with Gasteiger partial charge in [0, 0.05) is 4.21 Å². The van der Waals surface area contributed by atoms with Crippen LogP contribution in [0.2, 0.25) is 0 Å². The summed E-state index contributed by atoms with van der Waals surface area (Å²) < 4.78 is 9.36. The Kier molecular flexibility index (Phi) is 17.7. The maximum atomic E-state index is 9.46. The van der Waals surface area contributed by atoms with E-state index in [0.717, 1.165) is 0 Å². The van der Waals surface area contributed by atoms with Crippen LogP contribution >= 0.6 is 0 Å². The third kappa shape index (κ3) is 9.45. The van der Waals surface area contributed by atoms with Crippen LogP contribution < -0.4 is 59.1 Å². The van der Waals surface area contributed by atoms with Gasteiger partial charge in [-0.1, -0.05) is 0 Å². The van der Waals surface area contributed by atoms with Crippen molar-refractivity contribution in [2.24, 2.45) is 0 Å². The maximum absolute atomic E-state index is 9.46. The average Bonchev–Trinajstić information content (AvgIpc) is 1.65. The summed E-state index contributed by atoms with van der Waals surface area (Å²) >= 11 is -0.361. The molecule has 0 aromatic heterocycles. The summed E-state index contributed by atoms with van der Waals surface area (Å²) in [4.78, 5) is 9.46. The van der Waals surface area contributed by atoms with Crippen molar-refractivity contribution in [3.05, 3.63) is 0 Å². The summed E-state index contributed by atoms with van der Waals surface area (Å²) in [6.45, 7) is 0. The number of carbonyl (C=O) groups is 1. The van der Waals surface area contributed by atoms with Crippen molar-refractivity contribution in [1.82, 2.24) is 0 Å². The van der Waals surface area contributed by atoms with Crippen molar-refractivity contribution in [1.29, 1.82) is 0 Å². The van der Waals surface area contributed by atoms with Crippen LogP contribution in [-0.4, -0.2) is 21.6 Å². The van der Waals surface area contributed by atoms with Crippen LogP contribution in [0.25, 0.3) is 0 Å². The van der Waals surface area contributed by atoms with E-state index < -0.39 is 11.4 Å². The van der Waals surface area contributed by atoms with Gasteiger partial charge >= 0.3 is 82.2 Å². The van der Waals surface area contributed by atoms with Crippen molar-refractivity contribution < 1.29 is 81.2 Å². The van der Waals surface area contributed by atoms with Gasteiger partial charge in [0.05, 0.1) is 0 Å². The zero-order chi connectivity index (χ0) is 5.86. The molecule has 0 saturated carbocycles. The molecule has 0 aliphatic heterocycles. The van der Waals surface area contributed by atoms with Crippen molar-refractivity contribution in [2.75, 3.05) is 0 Å². The fraction of sp³-hybridized carbons (Fsp3) is 0.500. The van der Waals surface area contributed by atoms with Crippen molar-refractivity contribution in [2.45, 2.75) is 5.44 Å². The summed E-state index contributed by atoms with van der Waals surface area (Å²) in [7, 11) is 0. The Labute approximate surface area is 103 Å². The predicted molar refractivity (Wildman–Crippen MR) is 23.9 cm³/mol. The second-order valence-electron chi connectivity index (χ2n) is 0.787. The molecule has 44 valence electrons. The van der Waals surface area contributed by atoms with Crippen LogP contribution in [0.5, 0.6) is 0 Å². The zero-order valence-corrected chi connectivity index (χ0v) is 10.0. The number of carboxylic acids is 1. The number of hydrogen-bond donors (Lipinski definition) is 2. The molecule has 0 aromatic rings. The Hall–Kier alpha value is 1.45. The van der Waals surface area contributed by atoms with Crippen molar-refractivity contribution in [3.63, 3.8) is 0 Å². The Morgan fingerprint density at radius 2 is 1.89 bits per heavy atom. The third-order valence-electron chi connectivity index (χ3n) is 0.302. The molecular formula is C2H5Na2O4S+. The first kappa shape index (κ1) is 16.8. The molecule has 2 N–H and O–H groups in total. The van der Waals surface area contributed by atoms with Gasteiger partial charge < -0.3 is 13.1 Å². The molecular weight excluding hydrogens is 166 g/mol. The molecule has 0 aliphatic carbocycles. The van der Waals surface area contributed by atoms with E-state index in [4.69, 9.17) is 10.2 Å². The molecule has 0 aliphatic rings. The van der Waals surface area contributed by atoms with Gasteiger partial charge in [0.2, 0.25) is 0 Å². The van der Waals surface area contributed by atoms with Crippen LogP contribution in [0.3, 0.4) is 0 Å². The molecule has 1 atom stereocenters. The molecule has 7 heteroatoms. The summed E-state index contributed by atoms with van der Waals surface area (Å²) in [6, 6.07) is 0. The minimum atomic E-state index is -1.82. The van der Waals surface area contributed by atoms with E-state index in [0.29, 0.717) is 0 Å². The van der Waals surface area contributed by atoms with Crippen LogP contribution in [0.4, 0.5) is 0 Å². The largest absolute Gasteiger partial charge is 1.00 e. The number of aliphatic hydroxyl groups excluding tert-OH is 1. The molecule has 4 nitrogen and oxygen atoms in total. The van der Waals surface area contributed by atoms with Crippen LogP contribution in [0.15, 0.2) is 0 Å². The first-order chi connectivity index (χ1) is 3.18. The van der Waals surface area contributed by atoms with Gasteiger partial charge in [0.15, 0.2) is 0 Å². The van der Waals surface area contributed by atoms with E-state index in [1.54, 1.807) is 0 Å². The number of aliphatic carboxylic acids is 1. The normalized spacial score (nSPS) is 9.89. The minimum absolute atomic E-state index is 0. The number of hydrogen-bond acceptors (Lipinski definition) is 3. The summed E-state index contributed by atoms with van der Waals surface area (Å²) in [5.41, 5.74) is -1.82. The van der Waals surface area contributed by atoms with Crippen LogP contribution in [-0.2, 0) is 20.7 Å². The molecule has 0 fully saturated rings. The monoisotopic (exact) mass is 171 g/mol. The van der Waals surface area contributed by atoms with E-state index >= 15 is 0 Å². The van der Waals surface area contributed by atoms with E-state index in [1.807, 2.05) is 0 Å². The number of aliphatic hydroxyl groups is 1. The van der Waals surface area contributed by atoms with E-state index in [9.17, 15) is 9.00 Å². The molecule has 0 aromatic carbocycles. The number of rotatable bonds is 2. The molecule has 0 radical (unpaired) electrons. The molecule has 0 bridgehead atoms. The van der Waals surface area contributed by atoms with Gasteiger partial charge in [-0.3, -0.25) is 0 Å². The minimum Gasteiger partial charge on any atom is -1.00 e. The average molecular weight is 171 g/mol. The zero-order valence-electron chi connectivity index (χ0n) is 7.20. The van der Waals surface area contributed by atoms with Gasteiger partial charge in [0.1, 0.15) is 0 Å². The van der Waals surface area contributed by atoms with E-state index in [1.165, 1.54) is 0 Å². The van der Waals surface area contributed by atoms with Crippen LogP contribution in [0.1, 0.15) is 2.85 Å². The Bertz CT molecular complexity index is 104. The number of carboxylic acid groups (broad SMARTS) is 1.